The summed E-state index contributed by atoms with van der Waals surface area (Å²) in [5.41, 5.74) is 2.84. The van der Waals surface area contributed by atoms with Crippen molar-refractivity contribution in [3.05, 3.63) is 143 Å². The van der Waals surface area contributed by atoms with E-state index in [4.69, 9.17) is 25.7 Å². The van der Waals surface area contributed by atoms with Gasteiger partial charge in [0.15, 0.2) is 4.80 Å². The molecule has 41 heavy (non-hydrogen) atoms. The monoisotopic (exact) mass is 644 g/mol. The lowest BCUT2D eigenvalue weighted by Gasteiger charge is -2.25. The lowest BCUT2D eigenvalue weighted by atomic mass is 9.93. The van der Waals surface area contributed by atoms with Gasteiger partial charge in [0.1, 0.15) is 11.5 Å². The van der Waals surface area contributed by atoms with E-state index in [1.807, 2.05) is 78.9 Å². The first kappa shape index (κ1) is 27.2. The van der Waals surface area contributed by atoms with Crippen LogP contribution < -0.4 is 14.9 Å². The molecule has 0 saturated heterocycles. The van der Waals surface area contributed by atoms with Crippen LogP contribution in [0, 0.1) is 0 Å². The van der Waals surface area contributed by atoms with Gasteiger partial charge in [-0.05, 0) is 48.9 Å². The number of hydrogen-bond donors (Lipinski definition) is 0. The zero-order valence-corrected chi connectivity index (χ0v) is 24.9. The van der Waals surface area contributed by atoms with E-state index in [-0.39, 0.29) is 17.7 Å². The number of esters is 1. The highest BCUT2D eigenvalue weighted by molar-refractivity contribution is 9.10. The summed E-state index contributed by atoms with van der Waals surface area (Å²) in [4.78, 5) is 32.8. The van der Waals surface area contributed by atoms with Crippen molar-refractivity contribution in [2.45, 2.75) is 13.0 Å². The van der Waals surface area contributed by atoms with Gasteiger partial charge in [-0.2, -0.15) is 0 Å². The first-order valence-corrected chi connectivity index (χ1v) is 14.8. The number of carbonyl (C=O) groups is 1. The fraction of sp³-hybridized carbons (Fsp3) is 0.0938. The molecular weight excluding hydrogens is 624 g/mol. The Morgan fingerprint density at radius 3 is 2.46 bits per heavy atom. The van der Waals surface area contributed by atoms with Crippen molar-refractivity contribution in [1.82, 2.24) is 4.57 Å². The molecule has 5 aromatic rings. The molecule has 1 aliphatic heterocycles. The number of furan rings is 1. The molecule has 0 saturated carbocycles. The summed E-state index contributed by atoms with van der Waals surface area (Å²) in [7, 11) is 0. The Bertz CT molecular complexity index is 1960. The molecule has 9 heteroatoms. The number of carbonyl (C=O) groups excluding carboxylic acids is 1. The number of nitrogens with zero attached hydrogens (tertiary/aromatic N) is 2. The SMILES string of the molecule is CCOC(=O)C1=C(c2ccccc2)N=c2s/c(=C\c3ccc(-c4ccc(Br)cc4)o3)c(=O)n2[C@@H]1c1ccc(Cl)cc1. The fourth-order valence-electron chi connectivity index (χ4n) is 4.73. The normalized spacial score (nSPS) is 15.0. The molecule has 0 N–H and O–H groups in total. The molecule has 0 spiro atoms. The molecule has 1 aliphatic rings. The molecule has 6 rings (SSSR count). The van der Waals surface area contributed by atoms with Gasteiger partial charge in [0.05, 0.1) is 28.5 Å². The second kappa shape index (κ2) is 11.5. The molecular formula is C32H22BrClN2O4S. The van der Waals surface area contributed by atoms with Gasteiger partial charge < -0.3 is 9.15 Å². The van der Waals surface area contributed by atoms with E-state index in [1.54, 1.807) is 29.7 Å². The number of aromatic nitrogens is 1. The number of thiazole rings is 1. The predicted octanol–water partition coefficient (Wildman–Crippen LogP) is 6.61. The van der Waals surface area contributed by atoms with Crippen LogP contribution >= 0.6 is 38.9 Å². The number of halogens is 2. The minimum Gasteiger partial charge on any atom is -0.463 e. The van der Waals surface area contributed by atoms with E-state index in [9.17, 15) is 9.59 Å². The molecule has 0 unspecified atom stereocenters. The Morgan fingerprint density at radius 2 is 1.76 bits per heavy atom. The second-order valence-corrected chi connectivity index (χ2v) is 11.6. The molecule has 3 heterocycles. The highest BCUT2D eigenvalue weighted by Gasteiger charge is 2.35. The van der Waals surface area contributed by atoms with Crippen LogP contribution in [-0.4, -0.2) is 17.1 Å². The van der Waals surface area contributed by atoms with Gasteiger partial charge in [0.2, 0.25) is 0 Å². The Balaban J connectivity index is 1.55. The Labute approximate surface area is 252 Å². The third-order valence-corrected chi connectivity index (χ3v) is 8.35. The average Bonchev–Trinajstić information content (AvgIpc) is 3.58. The lowest BCUT2D eigenvalue weighted by Crippen LogP contribution is -2.39. The Kier molecular flexibility index (Phi) is 7.62. The zero-order valence-electron chi connectivity index (χ0n) is 21.7. The van der Waals surface area contributed by atoms with E-state index in [2.05, 4.69) is 15.9 Å². The van der Waals surface area contributed by atoms with Gasteiger partial charge in [-0.25, -0.2) is 9.79 Å². The highest BCUT2D eigenvalue weighted by atomic mass is 79.9. The zero-order chi connectivity index (χ0) is 28.5. The van der Waals surface area contributed by atoms with E-state index >= 15 is 0 Å². The van der Waals surface area contributed by atoms with Crippen molar-refractivity contribution in [1.29, 1.82) is 0 Å². The van der Waals surface area contributed by atoms with E-state index in [0.29, 0.717) is 37.1 Å². The summed E-state index contributed by atoms with van der Waals surface area (Å²) in [5.74, 6) is 0.685. The summed E-state index contributed by atoms with van der Waals surface area (Å²) < 4.78 is 14.5. The molecule has 0 aliphatic carbocycles. The minimum atomic E-state index is -0.769. The van der Waals surface area contributed by atoms with E-state index in [1.165, 1.54) is 11.3 Å². The summed E-state index contributed by atoms with van der Waals surface area (Å²) >= 11 is 10.9. The Hall–Kier alpha value is -3.98. The van der Waals surface area contributed by atoms with Gasteiger partial charge in [0.25, 0.3) is 5.56 Å². The molecule has 2 aromatic heterocycles. The van der Waals surface area contributed by atoms with Gasteiger partial charge in [0, 0.05) is 26.7 Å². The Morgan fingerprint density at radius 1 is 1.02 bits per heavy atom. The van der Waals surface area contributed by atoms with Gasteiger partial charge >= 0.3 is 5.97 Å². The molecule has 0 bridgehead atoms. The number of rotatable bonds is 6. The number of hydrogen-bond acceptors (Lipinski definition) is 6. The maximum absolute atomic E-state index is 14.0. The fourth-order valence-corrected chi connectivity index (χ4v) is 6.10. The molecule has 0 radical (unpaired) electrons. The molecule has 0 amide bonds. The molecule has 6 nitrogen and oxygen atoms in total. The van der Waals surface area contributed by atoms with Crippen LogP contribution in [-0.2, 0) is 9.53 Å². The van der Waals surface area contributed by atoms with Crippen LogP contribution in [0.5, 0.6) is 0 Å². The lowest BCUT2D eigenvalue weighted by molar-refractivity contribution is -0.138. The van der Waals surface area contributed by atoms with Crippen LogP contribution in [0.3, 0.4) is 0 Å². The minimum absolute atomic E-state index is 0.182. The van der Waals surface area contributed by atoms with Crippen LogP contribution in [0.1, 0.15) is 29.9 Å². The third kappa shape index (κ3) is 5.38. The van der Waals surface area contributed by atoms with E-state index in [0.717, 1.165) is 15.6 Å². The van der Waals surface area contributed by atoms with E-state index < -0.39 is 12.0 Å². The molecule has 204 valence electrons. The standard InChI is InChI=1S/C32H22BrClN2O4S/c1-2-39-31(38)27-28(20-6-4-3-5-7-20)35-32-36(29(27)21-10-14-23(34)15-11-21)30(37)26(41-32)18-24-16-17-25(40-24)19-8-12-22(33)13-9-19/h3-18,29H,2H2,1H3/b26-18-/t29-/m1/s1. The highest BCUT2D eigenvalue weighted by Crippen LogP contribution is 2.35. The average molecular weight is 646 g/mol. The van der Waals surface area contributed by atoms with Crippen LogP contribution in [0.15, 0.2) is 115 Å². The maximum atomic E-state index is 14.0. The maximum Gasteiger partial charge on any atom is 0.338 e. The second-order valence-electron chi connectivity index (χ2n) is 9.19. The number of benzene rings is 3. The molecule has 1 atom stereocenters. The smallest absolute Gasteiger partial charge is 0.338 e. The van der Waals surface area contributed by atoms with Gasteiger partial charge in [-0.3, -0.25) is 9.36 Å². The van der Waals surface area contributed by atoms with Crippen LogP contribution in [0.4, 0.5) is 0 Å². The van der Waals surface area contributed by atoms with Crippen molar-refractivity contribution in [3.8, 4) is 11.3 Å². The summed E-state index contributed by atoms with van der Waals surface area (Å²) in [5, 5.41) is 0.547. The van der Waals surface area contributed by atoms with Crippen molar-refractivity contribution < 1.29 is 13.9 Å². The number of ether oxygens (including phenoxy) is 1. The topological polar surface area (TPSA) is 73.8 Å². The quantitative estimate of drug-likeness (QED) is 0.195. The summed E-state index contributed by atoms with van der Waals surface area (Å²) in [6.07, 6.45) is 1.71. The first-order chi connectivity index (χ1) is 19.9. The number of fused-ring (bicyclic) bond motifs is 1. The van der Waals surface area contributed by atoms with Gasteiger partial charge in [-0.1, -0.05) is 93.5 Å². The van der Waals surface area contributed by atoms with Crippen LogP contribution in [0.2, 0.25) is 5.02 Å². The van der Waals surface area contributed by atoms with Crippen LogP contribution in [0.25, 0.3) is 23.1 Å². The first-order valence-electron chi connectivity index (χ1n) is 12.8. The third-order valence-electron chi connectivity index (χ3n) is 6.59. The van der Waals surface area contributed by atoms with Crippen molar-refractivity contribution in [2.24, 2.45) is 4.99 Å². The largest absolute Gasteiger partial charge is 0.463 e. The van der Waals surface area contributed by atoms with Crippen molar-refractivity contribution in [3.63, 3.8) is 0 Å². The molecule has 3 aromatic carbocycles. The molecule has 0 fully saturated rings. The van der Waals surface area contributed by atoms with Gasteiger partial charge in [-0.15, -0.1) is 0 Å². The van der Waals surface area contributed by atoms with Crippen molar-refractivity contribution in [2.75, 3.05) is 6.61 Å². The van der Waals surface area contributed by atoms with Crippen molar-refractivity contribution >= 4 is 56.6 Å². The summed E-state index contributed by atoms with van der Waals surface area (Å²) in [6, 6.07) is 27.3. The summed E-state index contributed by atoms with van der Waals surface area (Å²) in [6.45, 7) is 1.93. The predicted molar refractivity (Wildman–Crippen MR) is 164 cm³/mol.